The van der Waals surface area contributed by atoms with Crippen LogP contribution in [0.15, 0.2) is 24.3 Å². The summed E-state index contributed by atoms with van der Waals surface area (Å²) in [6.07, 6.45) is 0.613. The number of nitrogens with zero attached hydrogens (tertiary/aromatic N) is 1. The van der Waals surface area contributed by atoms with Crippen molar-refractivity contribution in [1.82, 2.24) is 4.90 Å². The first-order valence-corrected chi connectivity index (χ1v) is 6.14. The maximum atomic E-state index is 12.2. The molecule has 96 valence electrons. The van der Waals surface area contributed by atoms with Gasteiger partial charge >= 0.3 is 0 Å². The van der Waals surface area contributed by atoms with Crippen molar-refractivity contribution < 1.29 is 14.7 Å². The highest BCUT2D eigenvalue weighted by atomic mass is 16.3. The van der Waals surface area contributed by atoms with Gasteiger partial charge in [-0.1, -0.05) is 26.0 Å². The van der Waals surface area contributed by atoms with Crippen LogP contribution in [0.2, 0.25) is 0 Å². The Balaban J connectivity index is 2.32. The molecule has 0 radical (unpaired) electrons. The van der Waals surface area contributed by atoms with Crippen molar-refractivity contribution in [3.63, 3.8) is 0 Å². The van der Waals surface area contributed by atoms with E-state index in [0.717, 1.165) is 0 Å². The summed E-state index contributed by atoms with van der Waals surface area (Å²) in [5, 5.41) is 9.40. The zero-order valence-electron chi connectivity index (χ0n) is 10.6. The molecular weight excluding hydrogens is 230 g/mol. The maximum Gasteiger partial charge on any atom is 0.261 e. The Morgan fingerprint density at radius 3 is 2.00 bits per heavy atom. The Bertz CT molecular complexity index is 447. The molecule has 0 aliphatic carbocycles. The van der Waals surface area contributed by atoms with Crippen LogP contribution in [0.5, 0.6) is 0 Å². The normalized spacial score (nSPS) is 16.3. The molecule has 1 aliphatic heterocycles. The van der Waals surface area contributed by atoms with Crippen molar-refractivity contribution >= 4 is 11.8 Å². The molecule has 0 fully saturated rings. The van der Waals surface area contributed by atoms with Crippen LogP contribution in [0.1, 0.15) is 41.0 Å². The van der Waals surface area contributed by atoms with Gasteiger partial charge in [-0.3, -0.25) is 14.5 Å². The van der Waals surface area contributed by atoms with Crippen LogP contribution in [0.3, 0.4) is 0 Å². The number of aliphatic hydroxyl groups is 1. The number of imide groups is 1. The summed E-state index contributed by atoms with van der Waals surface area (Å²) in [5.41, 5.74) is 0.870. The van der Waals surface area contributed by atoms with E-state index in [1.807, 2.05) is 13.8 Å². The number of carbonyl (C=O) groups is 2. The van der Waals surface area contributed by atoms with Crippen LogP contribution < -0.4 is 0 Å². The lowest BCUT2D eigenvalue weighted by Crippen LogP contribution is -2.42. The average Bonchev–Trinajstić information content (AvgIpc) is 2.60. The lowest BCUT2D eigenvalue weighted by atomic mass is 10.0. The Labute approximate surface area is 106 Å². The third-order valence-corrected chi connectivity index (χ3v) is 3.14. The average molecular weight is 247 g/mol. The topological polar surface area (TPSA) is 57.6 Å². The smallest absolute Gasteiger partial charge is 0.261 e. The van der Waals surface area contributed by atoms with Crippen LogP contribution in [-0.2, 0) is 0 Å². The number of fused-ring (bicyclic) bond motifs is 1. The van der Waals surface area contributed by atoms with Gasteiger partial charge in [-0.05, 0) is 24.5 Å². The molecule has 2 amide bonds. The molecule has 1 atom stereocenters. The van der Waals surface area contributed by atoms with E-state index in [1.165, 1.54) is 4.90 Å². The monoisotopic (exact) mass is 247 g/mol. The minimum atomic E-state index is -0.433. The van der Waals surface area contributed by atoms with Crippen LogP contribution in [0, 0.1) is 5.92 Å². The highest BCUT2D eigenvalue weighted by molar-refractivity contribution is 6.21. The first-order chi connectivity index (χ1) is 8.56. The van der Waals surface area contributed by atoms with Crippen molar-refractivity contribution in [1.29, 1.82) is 0 Å². The van der Waals surface area contributed by atoms with Gasteiger partial charge in [0.05, 0.1) is 23.8 Å². The Morgan fingerprint density at radius 2 is 1.61 bits per heavy atom. The van der Waals surface area contributed by atoms with Gasteiger partial charge in [0.1, 0.15) is 0 Å². The molecule has 1 heterocycles. The fourth-order valence-electron chi connectivity index (χ4n) is 2.35. The lowest BCUT2D eigenvalue weighted by Gasteiger charge is -2.25. The van der Waals surface area contributed by atoms with Crippen LogP contribution in [0.25, 0.3) is 0 Å². The van der Waals surface area contributed by atoms with E-state index in [1.54, 1.807) is 24.3 Å². The summed E-state index contributed by atoms with van der Waals surface area (Å²) >= 11 is 0. The number of hydrogen-bond donors (Lipinski definition) is 1. The third kappa shape index (κ3) is 2.04. The number of amides is 2. The van der Waals surface area contributed by atoms with Crippen molar-refractivity contribution in [3.05, 3.63) is 35.4 Å². The SMILES string of the molecule is CC(C)CC(CO)N1C(=O)c2ccccc2C1=O. The zero-order chi connectivity index (χ0) is 13.3. The fourth-order valence-corrected chi connectivity index (χ4v) is 2.35. The van der Waals surface area contributed by atoms with Crippen molar-refractivity contribution in [2.45, 2.75) is 26.3 Å². The standard InChI is InChI=1S/C14H17NO3/c1-9(2)7-10(8-16)15-13(17)11-5-3-4-6-12(11)14(15)18/h3-6,9-10,16H,7-8H2,1-2H3. The predicted molar refractivity (Wildman–Crippen MR) is 67.3 cm³/mol. The number of aliphatic hydroxyl groups excluding tert-OH is 1. The minimum absolute atomic E-state index is 0.191. The van der Waals surface area contributed by atoms with Gasteiger partial charge in [-0.15, -0.1) is 0 Å². The van der Waals surface area contributed by atoms with Crippen molar-refractivity contribution in [2.24, 2.45) is 5.92 Å². The maximum absolute atomic E-state index is 12.2. The van der Waals surface area contributed by atoms with Crippen LogP contribution >= 0.6 is 0 Å². The Hall–Kier alpha value is -1.68. The summed E-state index contributed by atoms with van der Waals surface area (Å²) in [6.45, 7) is 3.81. The molecule has 0 saturated carbocycles. The lowest BCUT2D eigenvalue weighted by molar-refractivity contribution is 0.0490. The highest BCUT2D eigenvalue weighted by Crippen LogP contribution is 2.26. The van der Waals surface area contributed by atoms with E-state index < -0.39 is 6.04 Å². The molecule has 1 N–H and O–H groups in total. The molecule has 0 aromatic heterocycles. The van der Waals surface area contributed by atoms with Gasteiger partial charge in [0.2, 0.25) is 0 Å². The molecule has 4 nitrogen and oxygen atoms in total. The summed E-state index contributed by atoms with van der Waals surface area (Å²) < 4.78 is 0. The first-order valence-electron chi connectivity index (χ1n) is 6.14. The second-order valence-electron chi connectivity index (χ2n) is 4.99. The number of hydrogen-bond acceptors (Lipinski definition) is 3. The number of benzene rings is 1. The van der Waals surface area contributed by atoms with Gasteiger partial charge in [0.25, 0.3) is 11.8 Å². The molecule has 0 bridgehead atoms. The van der Waals surface area contributed by atoms with E-state index >= 15 is 0 Å². The summed E-state index contributed by atoms with van der Waals surface area (Å²) in [5.74, 6) is -0.280. The number of rotatable bonds is 4. The van der Waals surface area contributed by atoms with Gasteiger partial charge in [0, 0.05) is 0 Å². The molecule has 1 aromatic carbocycles. The quantitative estimate of drug-likeness (QED) is 0.824. The molecule has 0 spiro atoms. The highest BCUT2D eigenvalue weighted by Gasteiger charge is 2.39. The van der Waals surface area contributed by atoms with E-state index in [0.29, 0.717) is 23.5 Å². The molecule has 2 rings (SSSR count). The second-order valence-corrected chi connectivity index (χ2v) is 4.99. The van der Waals surface area contributed by atoms with Crippen molar-refractivity contribution in [2.75, 3.05) is 6.61 Å². The molecule has 0 saturated heterocycles. The summed E-state index contributed by atoms with van der Waals surface area (Å²) in [4.78, 5) is 25.6. The minimum Gasteiger partial charge on any atom is -0.394 e. The number of carbonyl (C=O) groups excluding carboxylic acids is 2. The van der Waals surface area contributed by atoms with Crippen LogP contribution in [-0.4, -0.2) is 34.5 Å². The Kier molecular flexibility index (Phi) is 3.48. The molecule has 1 aromatic rings. The van der Waals surface area contributed by atoms with E-state index in [2.05, 4.69) is 0 Å². The molecule has 1 unspecified atom stereocenters. The van der Waals surface area contributed by atoms with Gasteiger partial charge in [-0.2, -0.15) is 0 Å². The summed E-state index contributed by atoms with van der Waals surface area (Å²) in [7, 11) is 0. The largest absolute Gasteiger partial charge is 0.394 e. The van der Waals surface area contributed by atoms with E-state index in [9.17, 15) is 14.7 Å². The molecule has 18 heavy (non-hydrogen) atoms. The first kappa shape index (κ1) is 12.8. The third-order valence-electron chi connectivity index (χ3n) is 3.14. The van der Waals surface area contributed by atoms with Crippen molar-refractivity contribution in [3.8, 4) is 0 Å². The van der Waals surface area contributed by atoms with E-state index in [-0.39, 0.29) is 18.4 Å². The predicted octanol–water partition coefficient (Wildman–Crippen LogP) is 1.69. The molecule has 1 aliphatic rings. The molecular formula is C14H17NO3. The molecule has 4 heteroatoms. The second kappa shape index (κ2) is 4.90. The van der Waals surface area contributed by atoms with Crippen LogP contribution in [0.4, 0.5) is 0 Å². The summed E-state index contributed by atoms with van der Waals surface area (Å²) in [6, 6.07) is 6.35. The van der Waals surface area contributed by atoms with Gasteiger partial charge in [-0.25, -0.2) is 0 Å². The van der Waals surface area contributed by atoms with Gasteiger partial charge in [0.15, 0.2) is 0 Å². The zero-order valence-corrected chi connectivity index (χ0v) is 10.6. The Morgan fingerprint density at radius 1 is 1.11 bits per heavy atom. The van der Waals surface area contributed by atoms with E-state index in [4.69, 9.17) is 0 Å². The fraction of sp³-hybridized carbons (Fsp3) is 0.429. The van der Waals surface area contributed by atoms with Gasteiger partial charge < -0.3 is 5.11 Å².